The van der Waals surface area contributed by atoms with Gasteiger partial charge in [0.15, 0.2) is 6.29 Å². The SMILES string of the molecule is CC1(C)CN(c2cc(F)ccc2C=O)c2ccc(CCN3CCN(c4nsc5ccccc45)CC3)cc21. The van der Waals surface area contributed by atoms with Crippen LogP contribution in [0.25, 0.3) is 10.1 Å². The molecule has 2 aliphatic heterocycles. The summed E-state index contributed by atoms with van der Waals surface area (Å²) < 4.78 is 20.0. The molecule has 0 saturated carbocycles. The van der Waals surface area contributed by atoms with Crippen LogP contribution in [0.3, 0.4) is 0 Å². The predicted octanol–water partition coefficient (Wildman–Crippen LogP) is 6.04. The number of aldehydes is 1. The van der Waals surface area contributed by atoms with Gasteiger partial charge in [-0.15, -0.1) is 0 Å². The van der Waals surface area contributed by atoms with Gasteiger partial charge in [0.05, 0.1) is 10.4 Å². The highest BCUT2D eigenvalue weighted by Crippen LogP contribution is 2.45. The van der Waals surface area contributed by atoms with Gasteiger partial charge in [0, 0.05) is 61.3 Å². The van der Waals surface area contributed by atoms with E-state index >= 15 is 0 Å². The van der Waals surface area contributed by atoms with Gasteiger partial charge in [-0.25, -0.2) is 4.39 Å². The Labute approximate surface area is 221 Å². The zero-order valence-electron chi connectivity index (χ0n) is 21.3. The molecule has 190 valence electrons. The molecule has 5 nitrogen and oxygen atoms in total. The van der Waals surface area contributed by atoms with Gasteiger partial charge >= 0.3 is 0 Å². The number of hydrogen-bond acceptors (Lipinski definition) is 6. The Hall–Kier alpha value is -3.29. The van der Waals surface area contributed by atoms with E-state index in [1.807, 2.05) is 0 Å². The van der Waals surface area contributed by atoms with E-state index in [2.05, 4.69) is 71.0 Å². The van der Waals surface area contributed by atoms with Gasteiger partial charge in [0.1, 0.15) is 11.6 Å². The van der Waals surface area contributed by atoms with E-state index in [1.54, 1.807) is 17.6 Å². The van der Waals surface area contributed by atoms with Crippen LogP contribution in [-0.4, -0.2) is 54.8 Å². The molecule has 0 aliphatic carbocycles. The molecule has 3 heterocycles. The Kier molecular flexibility index (Phi) is 6.21. The van der Waals surface area contributed by atoms with Crippen molar-refractivity contribution in [3.63, 3.8) is 0 Å². The summed E-state index contributed by atoms with van der Waals surface area (Å²) in [6.07, 6.45) is 1.80. The lowest BCUT2D eigenvalue weighted by atomic mass is 9.86. The van der Waals surface area contributed by atoms with Gasteiger partial charge in [-0.2, -0.15) is 4.37 Å². The maximum absolute atomic E-state index is 14.1. The normalized spacial score (nSPS) is 17.4. The van der Waals surface area contributed by atoms with E-state index in [1.165, 1.54) is 33.3 Å². The summed E-state index contributed by atoms with van der Waals surface area (Å²) in [5, 5.41) is 1.26. The number of halogens is 1. The molecule has 2 aliphatic rings. The first-order valence-electron chi connectivity index (χ1n) is 12.9. The minimum atomic E-state index is -0.327. The molecule has 1 saturated heterocycles. The molecule has 0 amide bonds. The molecule has 0 spiro atoms. The number of hydrogen-bond donors (Lipinski definition) is 0. The van der Waals surface area contributed by atoms with E-state index in [-0.39, 0.29) is 11.2 Å². The van der Waals surface area contributed by atoms with Crippen molar-refractivity contribution in [3.8, 4) is 0 Å². The lowest BCUT2D eigenvalue weighted by Gasteiger charge is -2.35. The Morgan fingerprint density at radius 2 is 1.81 bits per heavy atom. The highest BCUT2D eigenvalue weighted by molar-refractivity contribution is 7.13. The summed E-state index contributed by atoms with van der Waals surface area (Å²) in [5.41, 5.74) is 4.69. The number of nitrogens with zero attached hydrogens (tertiary/aromatic N) is 4. The van der Waals surface area contributed by atoms with Crippen molar-refractivity contribution in [2.75, 3.05) is 49.1 Å². The van der Waals surface area contributed by atoms with Crippen molar-refractivity contribution in [1.82, 2.24) is 9.27 Å². The predicted molar refractivity (Wildman–Crippen MR) is 150 cm³/mol. The van der Waals surface area contributed by atoms with Gasteiger partial charge in [-0.1, -0.05) is 38.1 Å². The third-order valence-corrected chi connectivity index (χ3v) is 8.61. The molecular weight excluding hydrogens is 483 g/mol. The standard InChI is InChI=1S/C30H31FN4OS/c1-30(2)20-35(27-18-23(31)9-8-22(27)19-36)26-10-7-21(17-25(26)30)11-12-33-13-15-34(16-14-33)29-24-5-3-4-6-28(24)37-32-29/h3-10,17-19H,11-16,20H2,1-2H3. The Morgan fingerprint density at radius 1 is 1.00 bits per heavy atom. The van der Waals surface area contributed by atoms with Gasteiger partial charge in [0.2, 0.25) is 0 Å². The molecule has 1 fully saturated rings. The van der Waals surface area contributed by atoms with Crippen molar-refractivity contribution in [1.29, 1.82) is 0 Å². The lowest BCUT2D eigenvalue weighted by Crippen LogP contribution is -2.47. The highest BCUT2D eigenvalue weighted by atomic mass is 32.1. The number of benzene rings is 3. The summed E-state index contributed by atoms with van der Waals surface area (Å²) in [4.78, 5) is 18.7. The van der Waals surface area contributed by atoms with Crippen LogP contribution in [0, 0.1) is 5.82 Å². The van der Waals surface area contributed by atoms with Gasteiger partial charge in [0.25, 0.3) is 0 Å². The number of carbonyl (C=O) groups excluding carboxylic acids is 1. The average molecular weight is 515 g/mol. The van der Waals surface area contributed by atoms with Crippen molar-refractivity contribution in [2.45, 2.75) is 25.7 Å². The van der Waals surface area contributed by atoms with Crippen LogP contribution in [0.4, 0.5) is 21.6 Å². The summed E-state index contributed by atoms with van der Waals surface area (Å²) in [6.45, 7) is 10.2. The van der Waals surface area contributed by atoms with Crippen LogP contribution < -0.4 is 9.80 Å². The minimum absolute atomic E-state index is 0.0975. The Balaban J connectivity index is 1.13. The van der Waals surface area contributed by atoms with Crippen LogP contribution in [0.5, 0.6) is 0 Å². The summed E-state index contributed by atoms with van der Waals surface area (Å²) in [7, 11) is 0. The number of piperazine rings is 1. The number of carbonyl (C=O) groups is 1. The van der Waals surface area contributed by atoms with E-state index in [9.17, 15) is 9.18 Å². The molecule has 0 bridgehead atoms. The number of rotatable bonds is 6. The van der Waals surface area contributed by atoms with E-state index in [4.69, 9.17) is 4.37 Å². The quantitative estimate of drug-likeness (QED) is 0.293. The molecule has 0 radical (unpaired) electrons. The first kappa shape index (κ1) is 24.1. The zero-order valence-corrected chi connectivity index (χ0v) is 22.1. The second-order valence-corrected chi connectivity index (χ2v) is 11.5. The molecule has 3 aromatic carbocycles. The van der Waals surface area contributed by atoms with E-state index in [0.717, 1.165) is 56.9 Å². The Bertz CT molecular complexity index is 1460. The summed E-state index contributed by atoms with van der Waals surface area (Å²) >= 11 is 1.58. The van der Waals surface area contributed by atoms with Crippen LogP contribution in [-0.2, 0) is 11.8 Å². The second-order valence-electron chi connectivity index (χ2n) is 10.7. The van der Waals surface area contributed by atoms with Gasteiger partial charge < -0.3 is 9.80 Å². The van der Waals surface area contributed by atoms with Crippen molar-refractivity contribution in [3.05, 3.63) is 83.2 Å². The first-order valence-corrected chi connectivity index (χ1v) is 13.7. The first-order chi connectivity index (χ1) is 17.9. The average Bonchev–Trinajstić information content (AvgIpc) is 3.46. The fourth-order valence-corrected chi connectivity index (χ4v) is 6.51. The van der Waals surface area contributed by atoms with Crippen molar-refractivity contribution in [2.24, 2.45) is 0 Å². The molecule has 0 unspecified atom stereocenters. The van der Waals surface area contributed by atoms with Gasteiger partial charge in [-0.05, 0) is 65.5 Å². The maximum atomic E-state index is 14.1. The fraction of sp³-hybridized carbons (Fsp3) is 0.333. The van der Waals surface area contributed by atoms with Crippen molar-refractivity contribution < 1.29 is 9.18 Å². The Morgan fingerprint density at radius 3 is 2.62 bits per heavy atom. The van der Waals surface area contributed by atoms with Crippen LogP contribution in [0.2, 0.25) is 0 Å². The zero-order chi connectivity index (χ0) is 25.6. The maximum Gasteiger partial charge on any atom is 0.152 e. The number of anilines is 3. The summed E-state index contributed by atoms with van der Waals surface area (Å²) in [5.74, 6) is 0.799. The molecule has 37 heavy (non-hydrogen) atoms. The number of aromatic nitrogens is 1. The lowest BCUT2D eigenvalue weighted by molar-refractivity contribution is 0.112. The third kappa shape index (κ3) is 4.51. The third-order valence-electron chi connectivity index (χ3n) is 7.79. The minimum Gasteiger partial charge on any atom is -0.353 e. The van der Waals surface area contributed by atoms with Gasteiger partial charge in [-0.3, -0.25) is 9.69 Å². The fourth-order valence-electron chi connectivity index (χ4n) is 5.72. The largest absolute Gasteiger partial charge is 0.353 e. The second kappa shape index (κ2) is 9.54. The molecule has 6 rings (SSSR count). The molecule has 4 aromatic rings. The van der Waals surface area contributed by atoms with E-state index in [0.29, 0.717) is 17.8 Å². The molecule has 0 atom stereocenters. The van der Waals surface area contributed by atoms with E-state index < -0.39 is 0 Å². The molecule has 0 N–H and O–H groups in total. The summed E-state index contributed by atoms with van der Waals surface area (Å²) in [6, 6.07) is 19.5. The van der Waals surface area contributed by atoms with Crippen LogP contribution in [0.15, 0.2) is 60.7 Å². The van der Waals surface area contributed by atoms with Crippen LogP contribution in [0.1, 0.15) is 35.3 Å². The molecule has 7 heteroatoms. The number of fused-ring (bicyclic) bond motifs is 2. The highest BCUT2D eigenvalue weighted by Gasteiger charge is 2.36. The molecular formula is C30H31FN4OS. The monoisotopic (exact) mass is 514 g/mol. The van der Waals surface area contributed by atoms with Crippen molar-refractivity contribution >= 4 is 45.1 Å². The molecule has 1 aromatic heterocycles. The van der Waals surface area contributed by atoms with Crippen LogP contribution >= 0.6 is 11.5 Å². The topological polar surface area (TPSA) is 39.7 Å². The smallest absolute Gasteiger partial charge is 0.152 e.